The summed E-state index contributed by atoms with van der Waals surface area (Å²) in [4.78, 5) is 16.1. The van der Waals surface area contributed by atoms with E-state index in [0.29, 0.717) is 29.4 Å². The van der Waals surface area contributed by atoms with E-state index in [-0.39, 0.29) is 5.82 Å². The number of hydrogen-bond donors (Lipinski definition) is 3. The van der Waals surface area contributed by atoms with Crippen LogP contribution in [0.25, 0.3) is 22.2 Å². The van der Waals surface area contributed by atoms with Gasteiger partial charge in [-0.3, -0.25) is 0 Å². The lowest BCUT2D eigenvalue weighted by molar-refractivity contribution is 0.262. The molecule has 5 nitrogen and oxygen atoms in total. The lowest BCUT2D eigenvalue weighted by Crippen LogP contribution is -2.20. The van der Waals surface area contributed by atoms with E-state index in [1.165, 1.54) is 12.1 Å². The first kappa shape index (κ1) is 18.6. The standard InChI is InChI=1S/C23H20FN3O2/c1-2-29-20-10-6-5-9-19(20)26-23(28)27-22-17-7-3-4-8-18(17)25-21(22)15-11-13-16(24)14-12-15/h3-14,25H,2H2,1H3,(H2,26,27,28). The lowest BCUT2D eigenvalue weighted by Gasteiger charge is -2.13. The van der Waals surface area contributed by atoms with Crippen LogP contribution in [0, 0.1) is 5.82 Å². The number of amides is 2. The first-order valence-electron chi connectivity index (χ1n) is 9.32. The molecule has 3 N–H and O–H groups in total. The van der Waals surface area contributed by atoms with Crippen LogP contribution in [0.4, 0.5) is 20.6 Å². The second-order valence-corrected chi connectivity index (χ2v) is 6.44. The summed E-state index contributed by atoms with van der Waals surface area (Å²) in [6, 6.07) is 20.6. The summed E-state index contributed by atoms with van der Waals surface area (Å²) in [6.07, 6.45) is 0. The van der Waals surface area contributed by atoms with Gasteiger partial charge in [-0.25, -0.2) is 9.18 Å². The van der Waals surface area contributed by atoms with Gasteiger partial charge in [0.25, 0.3) is 0 Å². The minimum absolute atomic E-state index is 0.315. The third-order valence-corrected chi connectivity index (χ3v) is 4.51. The number of hydrogen-bond acceptors (Lipinski definition) is 2. The fourth-order valence-corrected chi connectivity index (χ4v) is 3.22. The van der Waals surface area contributed by atoms with Gasteiger partial charge in [0.15, 0.2) is 0 Å². The average molecular weight is 389 g/mol. The molecule has 29 heavy (non-hydrogen) atoms. The van der Waals surface area contributed by atoms with Crippen LogP contribution in [-0.4, -0.2) is 17.6 Å². The van der Waals surface area contributed by atoms with Gasteiger partial charge in [-0.05, 0) is 49.4 Å². The molecule has 0 atom stereocenters. The highest BCUT2D eigenvalue weighted by molar-refractivity contribution is 6.10. The van der Waals surface area contributed by atoms with E-state index >= 15 is 0 Å². The summed E-state index contributed by atoms with van der Waals surface area (Å²) in [5.41, 5.74) is 3.55. The van der Waals surface area contributed by atoms with Crippen LogP contribution in [0.1, 0.15) is 6.92 Å². The Kier molecular flexibility index (Phi) is 5.16. The highest BCUT2D eigenvalue weighted by Crippen LogP contribution is 2.35. The largest absolute Gasteiger partial charge is 0.492 e. The van der Waals surface area contributed by atoms with Gasteiger partial charge in [-0.15, -0.1) is 0 Å². The van der Waals surface area contributed by atoms with Crippen molar-refractivity contribution in [1.82, 2.24) is 4.98 Å². The molecule has 0 unspecified atom stereocenters. The van der Waals surface area contributed by atoms with E-state index < -0.39 is 6.03 Å². The molecule has 1 heterocycles. The highest BCUT2D eigenvalue weighted by Gasteiger charge is 2.16. The summed E-state index contributed by atoms with van der Waals surface area (Å²) in [5, 5.41) is 6.63. The molecular weight excluding hydrogens is 369 g/mol. The molecule has 0 saturated heterocycles. The minimum Gasteiger partial charge on any atom is -0.492 e. The zero-order chi connectivity index (χ0) is 20.2. The number of carbonyl (C=O) groups is 1. The zero-order valence-electron chi connectivity index (χ0n) is 15.8. The maximum atomic E-state index is 13.4. The Labute approximate surface area is 167 Å². The fraction of sp³-hybridized carbons (Fsp3) is 0.0870. The molecule has 0 aliphatic rings. The van der Waals surface area contributed by atoms with Gasteiger partial charge in [0.05, 0.1) is 23.7 Å². The maximum absolute atomic E-state index is 13.4. The Morgan fingerprint density at radius 2 is 1.69 bits per heavy atom. The molecule has 0 saturated carbocycles. The van der Waals surface area contributed by atoms with Crippen LogP contribution in [0.2, 0.25) is 0 Å². The van der Waals surface area contributed by atoms with Crippen molar-refractivity contribution in [2.24, 2.45) is 0 Å². The van der Waals surface area contributed by atoms with Gasteiger partial charge >= 0.3 is 6.03 Å². The number of carbonyl (C=O) groups excluding carboxylic acids is 1. The fourth-order valence-electron chi connectivity index (χ4n) is 3.22. The quantitative estimate of drug-likeness (QED) is 0.391. The Morgan fingerprint density at radius 1 is 0.966 bits per heavy atom. The Bertz CT molecular complexity index is 1150. The third kappa shape index (κ3) is 3.91. The van der Waals surface area contributed by atoms with Crippen LogP contribution < -0.4 is 15.4 Å². The Balaban J connectivity index is 1.68. The first-order chi connectivity index (χ1) is 14.2. The number of H-pyrrole nitrogens is 1. The third-order valence-electron chi connectivity index (χ3n) is 4.51. The predicted molar refractivity (Wildman–Crippen MR) is 114 cm³/mol. The summed E-state index contributed by atoms with van der Waals surface area (Å²) in [7, 11) is 0. The second kappa shape index (κ2) is 8.06. The highest BCUT2D eigenvalue weighted by atomic mass is 19.1. The number of benzene rings is 3. The van der Waals surface area contributed by atoms with Crippen LogP contribution in [0.5, 0.6) is 5.75 Å². The number of rotatable bonds is 5. The smallest absolute Gasteiger partial charge is 0.323 e. The van der Waals surface area contributed by atoms with E-state index in [2.05, 4.69) is 15.6 Å². The molecule has 3 aromatic carbocycles. The molecule has 0 radical (unpaired) electrons. The lowest BCUT2D eigenvalue weighted by atomic mass is 10.1. The molecule has 0 aliphatic carbocycles. The first-order valence-corrected chi connectivity index (χ1v) is 9.32. The van der Waals surface area contributed by atoms with E-state index in [0.717, 1.165) is 16.5 Å². The molecule has 6 heteroatoms. The van der Waals surface area contributed by atoms with Crippen LogP contribution in [0.15, 0.2) is 72.8 Å². The van der Waals surface area contributed by atoms with Crippen LogP contribution >= 0.6 is 0 Å². The number of urea groups is 1. The molecule has 0 bridgehead atoms. The van der Waals surface area contributed by atoms with Gasteiger partial charge in [0.2, 0.25) is 0 Å². The molecule has 4 aromatic rings. The summed E-state index contributed by atoms with van der Waals surface area (Å²) in [5.74, 6) is 0.285. The van der Waals surface area contributed by atoms with Crippen molar-refractivity contribution >= 4 is 28.3 Å². The number of nitrogens with one attached hydrogen (secondary N) is 3. The zero-order valence-corrected chi connectivity index (χ0v) is 15.8. The normalized spacial score (nSPS) is 10.7. The number of fused-ring (bicyclic) bond motifs is 1. The van der Waals surface area contributed by atoms with Crippen molar-refractivity contribution in [2.45, 2.75) is 6.92 Å². The summed E-state index contributed by atoms with van der Waals surface area (Å²) in [6.45, 7) is 2.38. The van der Waals surface area contributed by atoms with Crippen molar-refractivity contribution in [3.8, 4) is 17.0 Å². The van der Waals surface area contributed by atoms with Crippen molar-refractivity contribution in [3.05, 3.63) is 78.6 Å². The van der Waals surface area contributed by atoms with E-state index in [9.17, 15) is 9.18 Å². The van der Waals surface area contributed by atoms with Crippen LogP contribution in [-0.2, 0) is 0 Å². The minimum atomic E-state index is -0.398. The van der Waals surface area contributed by atoms with E-state index in [1.807, 2.05) is 43.3 Å². The summed E-state index contributed by atoms with van der Waals surface area (Å²) < 4.78 is 18.9. The molecule has 1 aromatic heterocycles. The van der Waals surface area contributed by atoms with E-state index in [4.69, 9.17) is 4.74 Å². The number of ether oxygens (including phenoxy) is 1. The van der Waals surface area contributed by atoms with Gasteiger partial charge in [0.1, 0.15) is 11.6 Å². The second-order valence-electron chi connectivity index (χ2n) is 6.44. The molecule has 4 rings (SSSR count). The number of halogens is 1. The van der Waals surface area contributed by atoms with E-state index in [1.54, 1.807) is 24.3 Å². The average Bonchev–Trinajstić information content (AvgIpc) is 3.09. The number of para-hydroxylation sites is 3. The summed E-state index contributed by atoms with van der Waals surface area (Å²) >= 11 is 0. The maximum Gasteiger partial charge on any atom is 0.323 e. The molecule has 0 aliphatic heterocycles. The molecule has 0 fully saturated rings. The molecule has 2 amide bonds. The topological polar surface area (TPSA) is 66.2 Å². The monoisotopic (exact) mass is 389 g/mol. The van der Waals surface area contributed by atoms with Crippen molar-refractivity contribution < 1.29 is 13.9 Å². The molecule has 0 spiro atoms. The molecular formula is C23H20FN3O2. The SMILES string of the molecule is CCOc1ccccc1NC(=O)Nc1c(-c2ccc(F)cc2)[nH]c2ccccc12. The number of anilines is 2. The number of aromatic nitrogens is 1. The van der Waals surface area contributed by atoms with Gasteiger partial charge in [-0.2, -0.15) is 0 Å². The van der Waals surface area contributed by atoms with Gasteiger partial charge in [-0.1, -0.05) is 30.3 Å². The van der Waals surface area contributed by atoms with Gasteiger partial charge in [0, 0.05) is 16.5 Å². The predicted octanol–water partition coefficient (Wildman–Crippen LogP) is 6.02. The molecule has 146 valence electrons. The Morgan fingerprint density at radius 3 is 2.48 bits per heavy atom. The van der Waals surface area contributed by atoms with Crippen LogP contribution in [0.3, 0.4) is 0 Å². The van der Waals surface area contributed by atoms with Gasteiger partial charge < -0.3 is 20.4 Å². The van der Waals surface area contributed by atoms with Crippen molar-refractivity contribution in [3.63, 3.8) is 0 Å². The Hall–Kier alpha value is -3.80. The van der Waals surface area contributed by atoms with Crippen molar-refractivity contribution in [2.75, 3.05) is 17.2 Å². The number of aromatic amines is 1. The van der Waals surface area contributed by atoms with Crippen molar-refractivity contribution in [1.29, 1.82) is 0 Å².